The van der Waals surface area contributed by atoms with Gasteiger partial charge in [-0.15, -0.1) is 0 Å². The summed E-state index contributed by atoms with van der Waals surface area (Å²) in [5.74, 6) is -0.346. The van der Waals surface area contributed by atoms with Crippen molar-refractivity contribution in [1.29, 1.82) is 0 Å². The zero-order valence-corrected chi connectivity index (χ0v) is 26.7. The van der Waals surface area contributed by atoms with Crippen LogP contribution in [0.2, 0.25) is 0 Å². The second kappa shape index (κ2) is 34.1. The molecule has 0 saturated heterocycles. The van der Waals surface area contributed by atoms with Crippen LogP contribution >= 0.6 is 0 Å². The van der Waals surface area contributed by atoms with Crippen LogP contribution < -0.4 is 11.5 Å². The van der Waals surface area contributed by atoms with E-state index in [4.69, 9.17) is 11.5 Å². The van der Waals surface area contributed by atoms with Gasteiger partial charge in [-0.25, -0.2) is 0 Å². The third-order valence-electron chi connectivity index (χ3n) is 7.54. The molecule has 0 spiro atoms. The third-order valence-corrected chi connectivity index (χ3v) is 7.54. The van der Waals surface area contributed by atoms with Gasteiger partial charge in [-0.05, 0) is 77.0 Å². The number of rotatable bonds is 32. The Morgan fingerprint density at radius 3 is 0.780 bits per heavy atom. The summed E-state index contributed by atoms with van der Waals surface area (Å²) in [6.07, 6.45) is 50.5. The molecular weight excluding hydrogens is 504 g/mol. The molecule has 0 bridgehead atoms. The van der Waals surface area contributed by atoms with Gasteiger partial charge in [-0.3, -0.25) is 9.59 Å². The highest BCUT2D eigenvalue weighted by Crippen LogP contribution is 2.12. The van der Waals surface area contributed by atoms with E-state index in [0.717, 1.165) is 38.5 Å². The average Bonchev–Trinajstić information content (AvgIpc) is 2.94. The lowest BCUT2D eigenvalue weighted by Gasteiger charge is -2.01. The van der Waals surface area contributed by atoms with Gasteiger partial charge in [0.1, 0.15) is 0 Å². The van der Waals surface area contributed by atoms with Crippen molar-refractivity contribution in [2.75, 3.05) is 0 Å². The fourth-order valence-corrected chi connectivity index (χ4v) is 4.96. The second-order valence-corrected chi connectivity index (χ2v) is 11.7. The van der Waals surface area contributed by atoms with Gasteiger partial charge in [0.2, 0.25) is 11.8 Å². The molecule has 0 radical (unpaired) electrons. The molecule has 0 aliphatic carbocycles. The molecular formula is C37H66N2O2. The number of nitrogens with two attached hydrogens (primary N) is 2. The SMILES string of the molecule is NC(=O)CCCCCCCC=CCC=CCCCCCCCCCCCC=CCC=CCCCCCCCC(N)=O. The summed E-state index contributed by atoms with van der Waals surface area (Å²) in [5.41, 5.74) is 10.3. The Labute approximate surface area is 254 Å². The number of hydrogen-bond donors (Lipinski definition) is 2. The molecule has 0 rings (SSSR count). The highest BCUT2D eigenvalue weighted by molar-refractivity contribution is 5.73. The quantitative estimate of drug-likeness (QED) is 0.0622. The van der Waals surface area contributed by atoms with Gasteiger partial charge in [0.15, 0.2) is 0 Å². The minimum atomic E-state index is -0.173. The molecule has 0 aliphatic rings. The van der Waals surface area contributed by atoms with Crippen LogP contribution in [0.25, 0.3) is 0 Å². The first-order valence-electron chi connectivity index (χ1n) is 17.3. The summed E-state index contributed by atoms with van der Waals surface area (Å²) in [5, 5.41) is 0. The largest absolute Gasteiger partial charge is 0.370 e. The van der Waals surface area contributed by atoms with Crippen LogP contribution in [0.5, 0.6) is 0 Å². The van der Waals surface area contributed by atoms with E-state index in [9.17, 15) is 9.59 Å². The van der Waals surface area contributed by atoms with Crippen molar-refractivity contribution in [3.63, 3.8) is 0 Å². The van der Waals surface area contributed by atoms with Gasteiger partial charge in [0, 0.05) is 12.8 Å². The van der Waals surface area contributed by atoms with Gasteiger partial charge >= 0.3 is 0 Å². The Bertz CT molecular complexity index is 635. The minimum Gasteiger partial charge on any atom is -0.370 e. The van der Waals surface area contributed by atoms with Crippen molar-refractivity contribution >= 4 is 11.8 Å². The Kier molecular flexibility index (Phi) is 32.4. The Hall–Kier alpha value is -2.10. The predicted molar refractivity (Wildman–Crippen MR) is 180 cm³/mol. The zero-order valence-electron chi connectivity index (χ0n) is 26.7. The minimum absolute atomic E-state index is 0.173. The van der Waals surface area contributed by atoms with E-state index in [1.165, 1.54) is 122 Å². The van der Waals surface area contributed by atoms with Gasteiger partial charge in [0.05, 0.1) is 0 Å². The molecule has 0 aliphatic heterocycles. The Morgan fingerprint density at radius 1 is 0.317 bits per heavy atom. The highest BCUT2D eigenvalue weighted by Gasteiger charge is 1.96. The molecule has 0 unspecified atom stereocenters. The van der Waals surface area contributed by atoms with E-state index in [2.05, 4.69) is 48.6 Å². The molecule has 0 heterocycles. The molecule has 0 aromatic carbocycles. The van der Waals surface area contributed by atoms with Gasteiger partial charge in [-0.1, -0.05) is 132 Å². The van der Waals surface area contributed by atoms with Crippen molar-refractivity contribution < 1.29 is 9.59 Å². The zero-order chi connectivity index (χ0) is 29.9. The molecule has 4 heteroatoms. The lowest BCUT2D eigenvalue weighted by Crippen LogP contribution is -2.09. The smallest absolute Gasteiger partial charge is 0.217 e. The molecule has 4 N–H and O–H groups in total. The lowest BCUT2D eigenvalue weighted by atomic mass is 10.1. The fraction of sp³-hybridized carbons (Fsp3) is 0.730. The molecule has 0 saturated carbocycles. The summed E-state index contributed by atoms with van der Waals surface area (Å²) in [6, 6.07) is 0. The maximum absolute atomic E-state index is 10.7. The number of hydrogen-bond acceptors (Lipinski definition) is 2. The molecule has 0 aromatic rings. The first-order valence-corrected chi connectivity index (χ1v) is 17.3. The predicted octanol–water partition coefficient (Wildman–Crippen LogP) is 10.7. The van der Waals surface area contributed by atoms with Crippen LogP contribution in [-0.2, 0) is 9.59 Å². The summed E-state index contributed by atoms with van der Waals surface area (Å²) in [4.78, 5) is 21.4. The average molecular weight is 571 g/mol. The molecule has 2 amide bonds. The maximum Gasteiger partial charge on any atom is 0.217 e. The standard InChI is InChI=1S/C37H66N2O2/c38-36(40)34-32-30-28-26-24-22-20-18-16-14-12-10-8-6-4-2-1-3-5-7-9-11-13-15-17-19-21-23-25-27-29-31-33-35-37(39)41/h12-15,18-21H,1-11,16-17,22-35H2,(H2,38,40)(H2,39,41). The molecule has 0 aromatic heterocycles. The van der Waals surface area contributed by atoms with Crippen LogP contribution in [0.4, 0.5) is 0 Å². The number of carbonyl (C=O) groups is 2. The van der Waals surface area contributed by atoms with Crippen molar-refractivity contribution in [1.82, 2.24) is 0 Å². The van der Waals surface area contributed by atoms with Crippen molar-refractivity contribution in [3.8, 4) is 0 Å². The Balaban J connectivity index is 3.25. The fourth-order valence-electron chi connectivity index (χ4n) is 4.96. The normalized spacial score (nSPS) is 12.1. The van der Waals surface area contributed by atoms with Crippen LogP contribution in [0.1, 0.15) is 173 Å². The van der Waals surface area contributed by atoms with Crippen LogP contribution in [0.3, 0.4) is 0 Å². The van der Waals surface area contributed by atoms with E-state index in [1.807, 2.05) is 0 Å². The topological polar surface area (TPSA) is 86.2 Å². The third kappa shape index (κ3) is 37.9. The number of primary amides is 2. The number of amides is 2. The van der Waals surface area contributed by atoms with Gasteiger partial charge in [0.25, 0.3) is 0 Å². The van der Waals surface area contributed by atoms with Crippen molar-refractivity contribution in [2.24, 2.45) is 11.5 Å². The monoisotopic (exact) mass is 571 g/mol. The summed E-state index contributed by atoms with van der Waals surface area (Å²) >= 11 is 0. The summed E-state index contributed by atoms with van der Waals surface area (Å²) in [7, 11) is 0. The molecule has 0 fully saturated rings. The second-order valence-electron chi connectivity index (χ2n) is 11.7. The van der Waals surface area contributed by atoms with Crippen molar-refractivity contribution in [3.05, 3.63) is 48.6 Å². The van der Waals surface area contributed by atoms with Crippen LogP contribution in [-0.4, -0.2) is 11.8 Å². The number of allylic oxidation sites excluding steroid dienone is 8. The maximum atomic E-state index is 10.7. The van der Waals surface area contributed by atoms with Crippen LogP contribution in [0, 0.1) is 0 Å². The summed E-state index contributed by atoms with van der Waals surface area (Å²) < 4.78 is 0. The van der Waals surface area contributed by atoms with Crippen molar-refractivity contribution in [2.45, 2.75) is 173 Å². The first kappa shape index (κ1) is 38.9. The highest BCUT2D eigenvalue weighted by atomic mass is 16.1. The molecule has 236 valence electrons. The number of carbonyl (C=O) groups excluding carboxylic acids is 2. The van der Waals surface area contributed by atoms with E-state index >= 15 is 0 Å². The number of unbranched alkanes of at least 4 members (excludes halogenated alkanes) is 20. The summed E-state index contributed by atoms with van der Waals surface area (Å²) in [6.45, 7) is 0. The van der Waals surface area contributed by atoms with E-state index in [0.29, 0.717) is 12.8 Å². The van der Waals surface area contributed by atoms with E-state index in [-0.39, 0.29) is 11.8 Å². The Morgan fingerprint density at radius 2 is 0.537 bits per heavy atom. The molecule has 0 atom stereocenters. The van der Waals surface area contributed by atoms with Gasteiger partial charge < -0.3 is 11.5 Å². The van der Waals surface area contributed by atoms with E-state index in [1.54, 1.807) is 0 Å². The van der Waals surface area contributed by atoms with E-state index < -0.39 is 0 Å². The van der Waals surface area contributed by atoms with Crippen LogP contribution in [0.15, 0.2) is 48.6 Å². The molecule has 4 nitrogen and oxygen atoms in total. The molecule has 41 heavy (non-hydrogen) atoms. The van der Waals surface area contributed by atoms with Gasteiger partial charge in [-0.2, -0.15) is 0 Å². The lowest BCUT2D eigenvalue weighted by molar-refractivity contribution is -0.119. The first-order chi connectivity index (χ1) is 20.1.